The summed E-state index contributed by atoms with van der Waals surface area (Å²) in [5.41, 5.74) is -0.0650. The maximum absolute atomic E-state index is 13.3. The molecule has 0 spiro atoms. The lowest BCUT2D eigenvalue weighted by molar-refractivity contribution is -0.142. The van der Waals surface area contributed by atoms with Crippen molar-refractivity contribution in [1.29, 1.82) is 5.26 Å². The number of carbonyl (C=O) groups is 3. The standard InChI is InChI=1S/C24H28Cl2N4O4/c1-24(2)16-11-30(19(31)12-34-18-6-5-14(25)9-17(18)26)21(20(16)24)23(33)29-15(10-27)8-13-4-3-7-28-22(13)32/h5-6,9,13,15-16,20-21H,3-4,7-8,11-12H2,1-2H3,(H,28,32)(H,29,33)/t13-,15-,16-,20-,21-/m0/s1. The van der Waals surface area contributed by atoms with E-state index in [-0.39, 0.29) is 53.9 Å². The van der Waals surface area contributed by atoms with Gasteiger partial charge in [-0.2, -0.15) is 5.26 Å². The maximum Gasteiger partial charge on any atom is 0.261 e. The van der Waals surface area contributed by atoms with Crippen LogP contribution in [0.15, 0.2) is 18.2 Å². The summed E-state index contributed by atoms with van der Waals surface area (Å²) in [4.78, 5) is 40.0. The quantitative estimate of drug-likeness (QED) is 0.590. The summed E-state index contributed by atoms with van der Waals surface area (Å²) < 4.78 is 5.60. The minimum atomic E-state index is -0.802. The van der Waals surface area contributed by atoms with Gasteiger partial charge >= 0.3 is 0 Å². The minimum Gasteiger partial charge on any atom is -0.482 e. The van der Waals surface area contributed by atoms with Gasteiger partial charge in [-0.05, 0) is 54.7 Å². The summed E-state index contributed by atoms with van der Waals surface area (Å²) in [5.74, 6) is -0.528. The Balaban J connectivity index is 1.42. The number of rotatable bonds is 7. The van der Waals surface area contributed by atoms with E-state index >= 15 is 0 Å². The molecule has 3 aliphatic rings. The molecular formula is C24H28Cl2N4O4. The second-order valence-corrected chi connectivity index (χ2v) is 10.7. The van der Waals surface area contributed by atoms with E-state index in [4.69, 9.17) is 27.9 Å². The smallest absolute Gasteiger partial charge is 0.261 e. The third-order valence-corrected chi connectivity index (χ3v) is 7.96. The molecule has 3 fully saturated rings. The number of halogens is 2. The van der Waals surface area contributed by atoms with Crippen molar-refractivity contribution in [2.24, 2.45) is 23.2 Å². The Morgan fingerprint density at radius 3 is 2.82 bits per heavy atom. The zero-order valence-electron chi connectivity index (χ0n) is 19.1. The highest BCUT2D eigenvalue weighted by atomic mass is 35.5. The summed E-state index contributed by atoms with van der Waals surface area (Å²) in [6.07, 6.45) is 1.80. The Hall–Kier alpha value is -2.50. The molecule has 8 nitrogen and oxygen atoms in total. The molecule has 10 heteroatoms. The maximum atomic E-state index is 13.3. The molecule has 182 valence electrons. The summed E-state index contributed by atoms with van der Waals surface area (Å²) >= 11 is 12.0. The van der Waals surface area contributed by atoms with Crippen LogP contribution < -0.4 is 15.4 Å². The van der Waals surface area contributed by atoms with E-state index in [1.54, 1.807) is 17.0 Å². The highest BCUT2D eigenvalue weighted by Gasteiger charge is 2.69. The van der Waals surface area contributed by atoms with Crippen molar-refractivity contribution in [3.05, 3.63) is 28.2 Å². The van der Waals surface area contributed by atoms with Gasteiger partial charge in [-0.1, -0.05) is 37.0 Å². The molecule has 2 saturated heterocycles. The van der Waals surface area contributed by atoms with Crippen LogP contribution in [0.1, 0.15) is 33.1 Å². The van der Waals surface area contributed by atoms with Gasteiger partial charge in [0.1, 0.15) is 17.8 Å². The molecule has 34 heavy (non-hydrogen) atoms. The molecule has 1 aromatic carbocycles. The third-order valence-electron chi connectivity index (χ3n) is 7.43. The lowest BCUT2D eigenvalue weighted by atomic mass is 9.91. The predicted molar refractivity (Wildman–Crippen MR) is 126 cm³/mol. The Labute approximate surface area is 208 Å². The number of nitriles is 1. The topological polar surface area (TPSA) is 112 Å². The lowest BCUT2D eigenvalue weighted by Gasteiger charge is -2.31. The molecular weight excluding hydrogens is 479 g/mol. The highest BCUT2D eigenvalue weighted by molar-refractivity contribution is 6.35. The Morgan fingerprint density at radius 2 is 2.15 bits per heavy atom. The van der Waals surface area contributed by atoms with Crippen molar-refractivity contribution < 1.29 is 19.1 Å². The number of ether oxygens (including phenoxy) is 1. The molecule has 0 aromatic heterocycles. The number of hydrogen-bond donors (Lipinski definition) is 2. The number of nitrogens with zero attached hydrogens (tertiary/aromatic N) is 2. The number of benzene rings is 1. The summed E-state index contributed by atoms with van der Waals surface area (Å²) in [6, 6.07) is 5.35. The van der Waals surface area contributed by atoms with Gasteiger partial charge in [-0.15, -0.1) is 0 Å². The van der Waals surface area contributed by atoms with Crippen LogP contribution in [0.25, 0.3) is 0 Å². The molecule has 3 amide bonds. The van der Waals surface area contributed by atoms with E-state index in [9.17, 15) is 19.6 Å². The molecule has 0 bridgehead atoms. The molecule has 1 aromatic rings. The van der Waals surface area contributed by atoms with Crippen molar-refractivity contribution in [3.63, 3.8) is 0 Å². The number of piperidine rings is 2. The van der Waals surface area contributed by atoms with Crippen LogP contribution in [-0.4, -0.2) is 54.4 Å². The summed E-state index contributed by atoms with van der Waals surface area (Å²) in [5, 5.41) is 16.0. The zero-order valence-corrected chi connectivity index (χ0v) is 20.7. The average molecular weight is 507 g/mol. The fourth-order valence-electron chi connectivity index (χ4n) is 5.40. The number of hydrogen-bond acceptors (Lipinski definition) is 5. The molecule has 4 rings (SSSR count). The van der Waals surface area contributed by atoms with Gasteiger partial charge in [-0.3, -0.25) is 14.4 Å². The van der Waals surface area contributed by atoms with Gasteiger partial charge in [0.15, 0.2) is 6.61 Å². The Morgan fingerprint density at radius 1 is 1.38 bits per heavy atom. The van der Waals surface area contributed by atoms with Crippen LogP contribution in [0.2, 0.25) is 10.0 Å². The second-order valence-electron chi connectivity index (χ2n) is 9.86. The molecule has 1 saturated carbocycles. The van der Waals surface area contributed by atoms with Crippen molar-refractivity contribution in [2.75, 3.05) is 19.7 Å². The Kier molecular flexibility index (Phi) is 6.97. The SMILES string of the molecule is CC1(C)[C@@H]2[C@@H](C(=O)N[C@H](C#N)C[C@@H]3CCCNC3=O)N(C(=O)COc3ccc(Cl)cc3Cl)C[C@@H]21. The van der Waals surface area contributed by atoms with Crippen LogP contribution in [0.4, 0.5) is 0 Å². The lowest BCUT2D eigenvalue weighted by Crippen LogP contribution is -2.53. The van der Waals surface area contributed by atoms with Crippen molar-refractivity contribution in [3.8, 4) is 11.8 Å². The van der Waals surface area contributed by atoms with Crippen LogP contribution >= 0.6 is 23.2 Å². The first-order chi connectivity index (χ1) is 16.1. The fourth-order valence-corrected chi connectivity index (χ4v) is 5.87. The van der Waals surface area contributed by atoms with Crippen LogP contribution in [0.3, 0.4) is 0 Å². The van der Waals surface area contributed by atoms with Gasteiger partial charge < -0.3 is 20.3 Å². The normalized spacial score (nSPS) is 27.7. The number of fused-ring (bicyclic) bond motifs is 1. The highest BCUT2D eigenvalue weighted by Crippen LogP contribution is 2.64. The summed E-state index contributed by atoms with van der Waals surface area (Å²) in [6.45, 7) is 4.99. The van der Waals surface area contributed by atoms with Gasteiger partial charge in [0, 0.05) is 24.0 Å². The molecule has 2 aliphatic heterocycles. The van der Waals surface area contributed by atoms with E-state index in [2.05, 4.69) is 30.6 Å². The van der Waals surface area contributed by atoms with Crippen LogP contribution in [0.5, 0.6) is 5.75 Å². The minimum absolute atomic E-state index is 0.00731. The van der Waals surface area contributed by atoms with Gasteiger partial charge in [0.05, 0.1) is 11.1 Å². The van der Waals surface area contributed by atoms with E-state index < -0.39 is 12.1 Å². The van der Waals surface area contributed by atoms with Crippen molar-refractivity contribution in [1.82, 2.24) is 15.5 Å². The molecule has 0 radical (unpaired) electrons. The van der Waals surface area contributed by atoms with Crippen LogP contribution in [-0.2, 0) is 14.4 Å². The van der Waals surface area contributed by atoms with Gasteiger partial charge in [0.2, 0.25) is 11.8 Å². The average Bonchev–Trinajstić information content (AvgIpc) is 3.12. The van der Waals surface area contributed by atoms with Gasteiger partial charge in [0.25, 0.3) is 5.91 Å². The third kappa shape index (κ3) is 4.82. The van der Waals surface area contributed by atoms with E-state index in [0.717, 1.165) is 6.42 Å². The van der Waals surface area contributed by atoms with E-state index in [1.807, 2.05) is 0 Å². The number of amides is 3. The molecule has 1 aliphatic carbocycles. The molecule has 0 unspecified atom stereocenters. The first kappa shape index (κ1) is 24.6. The zero-order chi connectivity index (χ0) is 24.6. The molecule has 5 atom stereocenters. The Bertz CT molecular complexity index is 1040. The number of likely N-dealkylation sites (tertiary alicyclic amines) is 1. The predicted octanol–water partition coefficient (Wildman–Crippen LogP) is 2.78. The number of carbonyl (C=O) groups excluding carboxylic acids is 3. The fraction of sp³-hybridized carbons (Fsp3) is 0.583. The molecule has 2 heterocycles. The molecule has 2 N–H and O–H groups in total. The first-order valence-electron chi connectivity index (χ1n) is 11.5. The largest absolute Gasteiger partial charge is 0.482 e. The first-order valence-corrected chi connectivity index (χ1v) is 12.2. The van der Waals surface area contributed by atoms with Crippen LogP contribution in [0, 0.1) is 34.5 Å². The van der Waals surface area contributed by atoms with Gasteiger partial charge in [-0.25, -0.2) is 0 Å². The van der Waals surface area contributed by atoms with E-state index in [0.29, 0.717) is 35.3 Å². The second kappa shape index (κ2) is 9.63. The monoisotopic (exact) mass is 506 g/mol. The summed E-state index contributed by atoms with van der Waals surface area (Å²) in [7, 11) is 0. The van der Waals surface area contributed by atoms with Crippen molar-refractivity contribution in [2.45, 2.75) is 45.2 Å². The number of nitrogens with one attached hydrogen (secondary N) is 2. The van der Waals surface area contributed by atoms with E-state index in [1.165, 1.54) is 6.07 Å². The van der Waals surface area contributed by atoms with Crippen molar-refractivity contribution >= 4 is 40.9 Å².